The molecule has 0 unspecified atom stereocenters. The van der Waals surface area contributed by atoms with Gasteiger partial charge in [0.05, 0.1) is 0 Å². The summed E-state index contributed by atoms with van der Waals surface area (Å²) in [6.45, 7) is 7.58. The van der Waals surface area contributed by atoms with Crippen molar-refractivity contribution in [3.63, 3.8) is 0 Å². The summed E-state index contributed by atoms with van der Waals surface area (Å²) in [5.41, 5.74) is 5.63. The number of nitrogens with zero attached hydrogens (tertiary/aromatic N) is 1. The van der Waals surface area contributed by atoms with E-state index in [0.717, 1.165) is 19.3 Å². The number of nitrogens with two attached hydrogens (primary N) is 1. The maximum Gasteiger partial charge on any atom is 0.222 e. The number of nitrogens with one attached hydrogen (secondary N) is 1. The van der Waals surface area contributed by atoms with Gasteiger partial charge in [0, 0.05) is 33.5 Å². The first kappa shape index (κ1) is 17.9. The third-order valence-corrected chi connectivity index (χ3v) is 3.08. The molecule has 0 aromatic rings. The molecule has 0 atom stereocenters. The van der Waals surface area contributed by atoms with Crippen molar-refractivity contribution in [1.29, 1.82) is 0 Å². The number of amides is 2. The second-order valence-corrected chi connectivity index (χ2v) is 5.91. The fraction of sp³-hybridized carbons (Fsp3) is 0.857. The van der Waals surface area contributed by atoms with E-state index in [-0.39, 0.29) is 17.2 Å². The molecule has 0 rings (SSSR count). The average molecular weight is 271 g/mol. The SMILES string of the molecule is CC(=O)NCCCCCC(=O)N(C)CC(C)(C)CN. The van der Waals surface area contributed by atoms with Gasteiger partial charge < -0.3 is 16.0 Å². The molecule has 0 heterocycles. The van der Waals surface area contributed by atoms with Gasteiger partial charge in [-0.05, 0) is 24.8 Å². The van der Waals surface area contributed by atoms with Crippen molar-refractivity contribution in [3.05, 3.63) is 0 Å². The zero-order valence-corrected chi connectivity index (χ0v) is 12.8. The molecule has 112 valence electrons. The van der Waals surface area contributed by atoms with Crippen LogP contribution >= 0.6 is 0 Å². The van der Waals surface area contributed by atoms with Crippen molar-refractivity contribution in [2.24, 2.45) is 11.1 Å². The van der Waals surface area contributed by atoms with Crippen LogP contribution in [-0.4, -0.2) is 43.4 Å². The lowest BCUT2D eigenvalue weighted by Crippen LogP contribution is -2.39. The van der Waals surface area contributed by atoms with Crippen LogP contribution in [0.15, 0.2) is 0 Å². The van der Waals surface area contributed by atoms with Crippen molar-refractivity contribution >= 4 is 11.8 Å². The highest BCUT2D eigenvalue weighted by molar-refractivity contribution is 5.75. The van der Waals surface area contributed by atoms with Gasteiger partial charge in [-0.3, -0.25) is 9.59 Å². The topological polar surface area (TPSA) is 75.4 Å². The fourth-order valence-corrected chi connectivity index (χ4v) is 1.83. The Kier molecular flexibility index (Phi) is 8.39. The summed E-state index contributed by atoms with van der Waals surface area (Å²) < 4.78 is 0. The van der Waals surface area contributed by atoms with E-state index in [0.29, 0.717) is 26.1 Å². The van der Waals surface area contributed by atoms with E-state index < -0.39 is 0 Å². The monoisotopic (exact) mass is 271 g/mol. The van der Waals surface area contributed by atoms with Crippen LogP contribution in [0.4, 0.5) is 0 Å². The molecule has 0 saturated carbocycles. The first-order chi connectivity index (χ1) is 8.78. The predicted octanol–water partition coefficient (Wildman–Crippen LogP) is 1.13. The second-order valence-electron chi connectivity index (χ2n) is 5.91. The van der Waals surface area contributed by atoms with Crippen LogP contribution in [0.1, 0.15) is 46.5 Å². The Labute approximate surface area is 116 Å². The molecule has 0 aliphatic carbocycles. The summed E-state index contributed by atoms with van der Waals surface area (Å²) in [7, 11) is 1.83. The minimum absolute atomic E-state index is 0.000161. The molecule has 5 heteroatoms. The summed E-state index contributed by atoms with van der Waals surface area (Å²) in [6.07, 6.45) is 3.31. The van der Waals surface area contributed by atoms with E-state index in [1.807, 2.05) is 7.05 Å². The van der Waals surface area contributed by atoms with Gasteiger partial charge in [-0.15, -0.1) is 0 Å². The molecular weight excluding hydrogens is 242 g/mol. The normalized spacial score (nSPS) is 11.2. The largest absolute Gasteiger partial charge is 0.356 e. The number of carbonyl (C=O) groups excluding carboxylic acids is 2. The van der Waals surface area contributed by atoms with Crippen LogP contribution in [0.5, 0.6) is 0 Å². The Hall–Kier alpha value is -1.10. The Balaban J connectivity index is 3.71. The smallest absolute Gasteiger partial charge is 0.222 e. The summed E-state index contributed by atoms with van der Waals surface area (Å²) in [5, 5.41) is 2.75. The molecule has 0 spiro atoms. The fourth-order valence-electron chi connectivity index (χ4n) is 1.83. The van der Waals surface area contributed by atoms with Gasteiger partial charge in [0.25, 0.3) is 0 Å². The Morgan fingerprint density at radius 2 is 1.84 bits per heavy atom. The molecule has 0 radical (unpaired) electrons. The number of unbranched alkanes of at least 4 members (excludes halogenated alkanes) is 2. The molecule has 0 aliphatic rings. The third-order valence-electron chi connectivity index (χ3n) is 3.08. The summed E-state index contributed by atoms with van der Waals surface area (Å²) in [6, 6.07) is 0. The maximum atomic E-state index is 11.9. The average Bonchev–Trinajstić information content (AvgIpc) is 2.32. The van der Waals surface area contributed by atoms with Crippen molar-refractivity contribution in [2.45, 2.75) is 46.5 Å². The third kappa shape index (κ3) is 9.47. The molecule has 2 amide bonds. The molecule has 0 bridgehead atoms. The Morgan fingerprint density at radius 3 is 2.37 bits per heavy atom. The molecule has 19 heavy (non-hydrogen) atoms. The van der Waals surface area contributed by atoms with Crippen LogP contribution in [0.3, 0.4) is 0 Å². The van der Waals surface area contributed by atoms with Gasteiger partial charge >= 0.3 is 0 Å². The zero-order chi connectivity index (χ0) is 14.9. The quantitative estimate of drug-likeness (QED) is 0.617. The number of rotatable bonds is 9. The van der Waals surface area contributed by atoms with E-state index in [1.165, 1.54) is 6.92 Å². The molecule has 0 aromatic carbocycles. The first-order valence-corrected chi connectivity index (χ1v) is 6.97. The number of carbonyl (C=O) groups is 2. The van der Waals surface area contributed by atoms with Gasteiger partial charge in [-0.2, -0.15) is 0 Å². The van der Waals surface area contributed by atoms with E-state index >= 15 is 0 Å². The Bertz CT molecular complexity index is 290. The van der Waals surface area contributed by atoms with Crippen molar-refractivity contribution < 1.29 is 9.59 Å². The lowest BCUT2D eigenvalue weighted by atomic mass is 9.93. The van der Waals surface area contributed by atoms with Gasteiger partial charge in [0.1, 0.15) is 0 Å². The maximum absolute atomic E-state index is 11.9. The van der Waals surface area contributed by atoms with Crippen LogP contribution in [0.25, 0.3) is 0 Å². The van der Waals surface area contributed by atoms with Crippen LogP contribution in [0, 0.1) is 5.41 Å². The number of hydrogen-bond acceptors (Lipinski definition) is 3. The lowest BCUT2D eigenvalue weighted by Gasteiger charge is -2.29. The zero-order valence-electron chi connectivity index (χ0n) is 12.8. The highest BCUT2D eigenvalue weighted by Crippen LogP contribution is 2.14. The van der Waals surface area contributed by atoms with Crippen molar-refractivity contribution in [3.8, 4) is 0 Å². The molecule has 0 fully saturated rings. The van der Waals surface area contributed by atoms with Crippen molar-refractivity contribution in [2.75, 3.05) is 26.7 Å². The van der Waals surface area contributed by atoms with Gasteiger partial charge in [0.2, 0.25) is 11.8 Å². The van der Waals surface area contributed by atoms with Crippen LogP contribution in [-0.2, 0) is 9.59 Å². The summed E-state index contributed by atoms with van der Waals surface area (Å²) >= 11 is 0. The molecule has 5 nitrogen and oxygen atoms in total. The second kappa shape index (κ2) is 8.91. The molecule has 0 saturated heterocycles. The van der Waals surface area contributed by atoms with E-state index in [2.05, 4.69) is 19.2 Å². The molecule has 0 aliphatic heterocycles. The van der Waals surface area contributed by atoms with E-state index in [4.69, 9.17) is 5.73 Å². The van der Waals surface area contributed by atoms with Crippen LogP contribution in [0.2, 0.25) is 0 Å². The standard InChI is InChI=1S/C14H29N3O2/c1-12(18)16-9-7-5-6-8-13(19)17(4)11-14(2,3)10-15/h5-11,15H2,1-4H3,(H,16,18). The first-order valence-electron chi connectivity index (χ1n) is 6.97. The summed E-state index contributed by atoms with van der Waals surface area (Å²) in [4.78, 5) is 24.3. The van der Waals surface area contributed by atoms with Gasteiger partial charge in [-0.25, -0.2) is 0 Å². The minimum Gasteiger partial charge on any atom is -0.356 e. The number of hydrogen-bond donors (Lipinski definition) is 2. The van der Waals surface area contributed by atoms with E-state index in [1.54, 1.807) is 4.90 Å². The summed E-state index contributed by atoms with van der Waals surface area (Å²) in [5.74, 6) is 0.167. The van der Waals surface area contributed by atoms with Crippen molar-refractivity contribution in [1.82, 2.24) is 10.2 Å². The predicted molar refractivity (Wildman–Crippen MR) is 77.6 cm³/mol. The Morgan fingerprint density at radius 1 is 1.21 bits per heavy atom. The minimum atomic E-state index is -0.0319. The van der Waals surface area contributed by atoms with Gasteiger partial charge in [-0.1, -0.05) is 20.3 Å². The highest BCUT2D eigenvalue weighted by atomic mass is 16.2. The molecular formula is C14H29N3O2. The highest BCUT2D eigenvalue weighted by Gasteiger charge is 2.20. The van der Waals surface area contributed by atoms with E-state index in [9.17, 15) is 9.59 Å². The molecule has 3 N–H and O–H groups in total. The van der Waals surface area contributed by atoms with Gasteiger partial charge in [0.15, 0.2) is 0 Å². The molecule has 0 aromatic heterocycles. The lowest BCUT2D eigenvalue weighted by molar-refractivity contribution is -0.131. The van der Waals surface area contributed by atoms with Crippen LogP contribution < -0.4 is 11.1 Å².